The van der Waals surface area contributed by atoms with Gasteiger partial charge < -0.3 is 0 Å². The molecule has 80 valence electrons. The molecule has 0 bridgehead atoms. The summed E-state index contributed by atoms with van der Waals surface area (Å²) in [7, 11) is 0. The lowest BCUT2D eigenvalue weighted by Crippen LogP contribution is -1.86. The van der Waals surface area contributed by atoms with E-state index in [1.165, 1.54) is 18.2 Å². The maximum atomic E-state index is 10.3. The molecule has 1 aromatic carbocycles. The minimum absolute atomic E-state index is 0.0533. The average molecular weight is 229 g/mol. The van der Waals surface area contributed by atoms with Crippen molar-refractivity contribution in [3.8, 4) is 0 Å². The fourth-order valence-electron chi connectivity index (χ4n) is 0.749. The smallest absolute Gasteiger partial charge is 0.258 e. The molecule has 0 heterocycles. The van der Waals surface area contributed by atoms with Gasteiger partial charge >= 0.3 is 0 Å². The fourth-order valence-corrected chi connectivity index (χ4v) is 0.966. The highest BCUT2D eigenvalue weighted by Gasteiger charge is 2.08. The lowest BCUT2D eigenvalue weighted by Gasteiger charge is -1.94. The van der Waals surface area contributed by atoms with Gasteiger partial charge in [-0.05, 0) is 6.07 Å². The Morgan fingerprint density at radius 2 is 2.07 bits per heavy atom. The summed E-state index contributed by atoms with van der Waals surface area (Å²) in [5.41, 5.74) is 0.0251. The Morgan fingerprint density at radius 3 is 2.47 bits per heavy atom. The molecule has 0 N–H and O–H groups in total. The van der Waals surface area contributed by atoms with Gasteiger partial charge in [0.25, 0.3) is 5.69 Å². The molecule has 0 aromatic heterocycles. The lowest BCUT2D eigenvalue weighted by molar-refractivity contribution is -0.384. The standard InChI is InChI=1S/C7H3ClN2O3.C2H6/c8-6-3-5(10(12)13)1-2-7(6)9-4-11;1-2/h1-3H;1-2H3. The average Bonchev–Trinajstić information content (AvgIpc) is 2.24. The number of nitrogens with zero attached hydrogens (tertiary/aromatic N) is 2. The van der Waals surface area contributed by atoms with Gasteiger partial charge in [0.05, 0.1) is 15.6 Å². The molecular weight excluding hydrogens is 220 g/mol. The van der Waals surface area contributed by atoms with Crippen LogP contribution in [0.25, 0.3) is 0 Å². The number of benzene rings is 1. The number of halogens is 1. The molecule has 0 atom stereocenters. The maximum Gasteiger partial charge on any atom is 0.271 e. The van der Waals surface area contributed by atoms with Crippen molar-refractivity contribution in [2.45, 2.75) is 13.8 Å². The fraction of sp³-hybridized carbons (Fsp3) is 0.222. The zero-order chi connectivity index (χ0) is 11.8. The Morgan fingerprint density at radius 1 is 1.47 bits per heavy atom. The van der Waals surface area contributed by atoms with Gasteiger partial charge in [-0.1, -0.05) is 25.4 Å². The summed E-state index contributed by atoms with van der Waals surface area (Å²) in [6.07, 6.45) is 1.29. The first-order chi connectivity index (χ1) is 7.15. The molecule has 5 nitrogen and oxygen atoms in total. The topological polar surface area (TPSA) is 72.6 Å². The number of hydrogen-bond acceptors (Lipinski definition) is 4. The third-order valence-electron chi connectivity index (χ3n) is 1.31. The molecule has 6 heteroatoms. The Bertz CT molecular complexity index is 400. The van der Waals surface area contributed by atoms with Gasteiger partial charge in [-0.25, -0.2) is 4.79 Å². The van der Waals surface area contributed by atoms with Gasteiger partial charge in [-0.3, -0.25) is 10.1 Å². The molecule has 0 amide bonds. The highest BCUT2D eigenvalue weighted by Crippen LogP contribution is 2.28. The Balaban J connectivity index is 0.000000921. The highest BCUT2D eigenvalue weighted by atomic mass is 35.5. The normalized spacial score (nSPS) is 8.20. The first-order valence-corrected chi connectivity index (χ1v) is 4.55. The van der Waals surface area contributed by atoms with E-state index < -0.39 is 4.92 Å². The van der Waals surface area contributed by atoms with Crippen molar-refractivity contribution in [2.75, 3.05) is 0 Å². The summed E-state index contributed by atoms with van der Waals surface area (Å²) in [6, 6.07) is 3.62. The van der Waals surface area contributed by atoms with Crippen molar-refractivity contribution < 1.29 is 9.72 Å². The van der Waals surface area contributed by atoms with Gasteiger partial charge in [0.15, 0.2) is 0 Å². The van der Waals surface area contributed by atoms with Crippen LogP contribution in [0.1, 0.15) is 13.8 Å². The van der Waals surface area contributed by atoms with E-state index in [-0.39, 0.29) is 16.4 Å². The molecule has 0 aliphatic heterocycles. The largest absolute Gasteiger partial charge is 0.271 e. The van der Waals surface area contributed by atoms with Crippen LogP contribution >= 0.6 is 11.6 Å². The number of hydrogen-bond donors (Lipinski definition) is 0. The molecule has 0 aliphatic carbocycles. The van der Waals surface area contributed by atoms with E-state index in [4.69, 9.17) is 11.6 Å². The van der Waals surface area contributed by atoms with Crippen molar-refractivity contribution >= 4 is 29.1 Å². The van der Waals surface area contributed by atoms with Crippen LogP contribution in [0.15, 0.2) is 23.2 Å². The number of carbonyl (C=O) groups excluding carboxylic acids is 1. The molecular formula is C9H9ClN2O3. The van der Waals surface area contributed by atoms with Gasteiger partial charge in [0, 0.05) is 12.1 Å². The van der Waals surface area contributed by atoms with Gasteiger partial charge in [0.2, 0.25) is 6.08 Å². The predicted octanol–water partition coefficient (Wildman–Crippen LogP) is 3.24. The second-order valence-electron chi connectivity index (χ2n) is 2.10. The summed E-state index contributed by atoms with van der Waals surface area (Å²) < 4.78 is 0. The zero-order valence-electron chi connectivity index (χ0n) is 8.23. The molecule has 0 saturated heterocycles. The molecule has 0 spiro atoms. The van der Waals surface area contributed by atoms with Crippen molar-refractivity contribution in [3.05, 3.63) is 33.3 Å². The van der Waals surface area contributed by atoms with Crippen LogP contribution in [0.3, 0.4) is 0 Å². The van der Waals surface area contributed by atoms with Crippen LogP contribution < -0.4 is 0 Å². The van der Waals surface area contributed by atoms with Gasteiger partial charge in [-0.2, -0.15) is 4.99 Å². The summed E-state index contributed by atoms with van der Waals surface area (Å²) in [5.74, 6) is 0. The summed E-state index contributed by atoms with van der Waals surface area (Å²) in [4.78, 5) is 22.8. The van der Waals surface area contributed by atoms with E-state index >= 15 is 0 Å². The monoisotopic (exact) mass is 228 g/mol. The molecule has 1 aromatic rings. The molecule has 0 radical (unpaired) electrons. The Labute approximate surface area is 91.5 Å². The highest BCUT2D eigenvalue weighted by molar-refractivity contribution is 6.33. The van der Waals surface area contributed by atoms with E-state index in [2.05, 4.69) is 4.99 Å². The maximum absolute atomic E-state index is 10.3. The SMILES string of the molecule is CC.O=C=Nc1ccc([N+](=O)[O-])cc1Cl. The van der Waals surface area contributed by atoms with Crippen LogP contribution in [0.5, 0.6) is 0 Å². The van der Waals surface area contributed by atoms with Crippen molar-refractivity contribution in [2.24, 2.45) is 4.99 Å². The van der Waals surface area contributed by atoms with E-state index in [0.717, 1.165) is 6.07 Å². The van der Waals surface area contributed by atoms with E-state index in [9.17, 15) is 14.9 Å². The summed E-state index contributed by atoms with van der Waals surface area (Å²) in [6.45, 7) is 4.00. The van der Waals surface area contributed by atoms with E-state index in [1.807, 2.05) is 13.8 Å². The third-order valence-corrected chi connectivity index (χ3v) is 1.61. The lowest BCUT2D eigenvalue weighted by atomic mass is 10.3. The van der Waals surface area contributed by atoms with Crippen molar-refractivity contribution in [3.63, 3.8) is 0 Å². The predicted molar refractivity (Wildman–Crippen MR) is 57.2 cm³/mol. The van der Waals surface area contributed by atoms with Crippen LogP contribution in [0, 0.1) is 10.1 Å². The minimum atomic E-state index is -0.583. The molecule has 0 saturated carbocycles. The van der Waals surface area contributed by atoms with Crippen LogP contribution in [-0.2, 0) is 4.79 Å². The number of nitro benzene ring substituents is 1. The Hall–Kier alpha value is -1.71. The molecule has 15 heavy (non-hydrogen) atoms. The summed E-state index contributed by atoms with van der Waals surface area (Å²) in [5, 5.41) is 10.3. The van der Waals surface area contributed by atoms with E-state index in [1.54, 1.807) is 0 Å². The molecule has 0 unspecified atom stereocenters. The molecule has 1 rings (SSSR count). The first kappa shape index (κ1) is 13.3. The second kappa shape index (κ2) is 6.70. The van der Waals surface area contributed by atoms with Crippen molar-refractivity contribution in [1.82, 2.24) is 0 Å². The molecule has 0 aliphatic rings. The van der Waals surface area contributed by atoms with Gasteiger partial charge in [0.1, 0.15) is 0 Å². The summed E-state index contributed by atoms with van der Waals surface area (Å²) >= 11 is 5.58. The van der Waals surface area contributed by atoms with Crippen molar-refractivity contribution in [1.29, 1.82) is 0 Å². The Kier molecular flexibility index (Phi) is 5.94. The number of isocyanates is 1. The first-order valence-electron chi connectivity index (χ1n) is 4.17. The van der Waals surface area contributed by atoms with Crippen LogP contribution in [0.2, 0.25) is 5.02 Å². The van der Waals surface area contributed by atoms with E-state index in [0.29, 0.717) is 0 Å². The van der Waals surface area contributed by atoms with Gasteiger partial charge in [-0.15, -0.1) is 0 Å². The number of aliphatic imine (C=N–C) groups is 1. The number of nitro groups is 1. The second-order valence-corrected chi connectivity index (χ2v) is 2.50. The minimum Gasteiger partial charge on any atom is -0.258 e. The quantitative estimate of drug-likeness (QED) is 0.338. The number of rotatable bonds is 2. The number of non-ortho nitro benzene ring substituents is 1. The third kappa shape index (κ3) is 3.89. The molecule has 0 fully saturated rings. The van der Waals surface area contributed by atoms with Crippen LogP contribution in [-0.4, -0.2) is 11.0 Å². The van der Waals surface area contributed by atoms with Crippen LogP contribution in [0.4, 0.5) is 11.4 Å². The zero-order valence-corrected chi connectivity index (χ0v) is 8.99.